The van der Waals surface area contributed by atoms with E-state index in [0.29, 0.717) is 30.9 Å². The fourth-order valence-electron chi connectivity index (χ4n) is 5.32. The predicted octanol–water partition coefficient (Wildman–Crippen LogP) is 5.92. The van der Waals surface area contributed by atoms with E-state index in [9.17, 15) is 4.79 Å². The molecule has 0 saturated carbocycles. The molecule has 3 heterocycles. The fourth-order valence-corrected chi connectivity index (χ4v) is 5.56. The Hall–Kier alpha value is -3.73. The third kappa shape index (κ3) is 5.92. The molecule has 2 fully saturated rings. The van der Waals surface area contributed by atoms with Gasteiger partial charge >= 0.3 is 5.97 Å². The molecule has 4 atom stereocenters. The van der Waals surface area contributed by atoms with Crippen LogP contribution in [-0.4, -0.2) is 46.5 Å². The molecule has 216 valence electrons. The van der Waals surface area contributed by atoms with Crippen LogP contribution >= 0.6 is 12.2 Å². The molecular weight excluding hydrogens is 552 g/mol. The maximum Gasteiger partial charge on any atom is 0.344 e. The summed E-state index contributed by atoms with van der Waals surface area (Å²) in [7, 11) is 0. The Morgan fingerprint density at radius 1 is 0.976 bits per heavy atom. The predicted molar refractivity (Wildman–Crippen MR) is 158 cm³/mol. The number of hydrogen-bond donors (Lipinski definition) is 0. The number of esters is 1. The lowest BCUT2D eigenvalue weighted by molar-refractivity contribution is -0.196. The van der Waals surface area contributed by atoms with Gasteiger partial charge in [-0.05, 0) is 49.3 Å². The molecule has 42 heavy (non-hydrogen) atoms. The minimum atomic E-state index is -0.835. The number of aryl methyl sites for hydroxylation is 2. The number of carbonyl (C=O) groups is 1. The molecule has 6 rings (SSSR count). The van der Waals surface area contributed by atoms with Crippen LogP contribution in [0.3, 0.4) is 0 Å². The fraction of sp³-hybridized carbons (Fsp3) is 0.303. The molecule has 1 aromatic heterocycles. The SMILES string of the molecule is Cc1ccc(C(=O)Oc2nc(=S)n([C@@H]3O[C@@]4(COCc5ccccc5)CO[C@H]3C4OCc3ccccc3)cc2C)cc1. The molecule has 3 aromatic carbocycles. The average Bonchev–Trinajstić information content (AvgIpc) is 3.50. The molecule has 0 N–H and O–H groups in total. The average molecular weight is 585 g/mol. The molecular formula is C33H32N2O6S. The van der Waals surface area contributed by atoms with Crippen LogP contribution in [0.25, 0.3) is 0 Å². The zero-order valence-corrected chi connectivity index (χ0v) is 24.3. The largest absolute Gasteiger partial charge is 0.403 e. The van der Waals surface area contributed by atoms with Crippen molar-refractivity contribution in [1.82, 2.24) is 9.55 Å². The van der Waals surface area contributed by atoms with E-state index in [-0.39, 0.29) is 17.3 Å². The highest BCUT2D eigenvalue weighted by molar-refractivity contribution is 7.71. The number of hydrogen-bond acceptors (Lipinski definition) is 8. The van der Waals surface area contributed by atoms with Crippen molar-refractivity contribution in [1.29, 1.82) is 0 Å². The summed E-state index contributed by atoms with van der Waals surface area (Å²) in [6.45, 7) is 5.21. The molecule has 8 nitrogen and oxygen atoms in total. The summed E-state index contributed by atoms with van der Waals surface area (Å²) in [6, 6.07) is 27.1. The Morgan fingerprint density at radius 2 is 1.64 bits per heavy atom. The number of rotatable bonds is 10. The summed E-state index contributed by atoms with van der Waals surface area (Å²) in [4.78, 5) is 17.2. The molecule has 0 amide bonds. The van der Waals surface area contributed by atoms with Gasteiger partial charge in [-0.25, -0.2) is 4.79 Å². The number of ether oxygens (including phenoxy) is 5. The Labute approximate surface area is 249 Å². The molecule has 9 heteroatoms. The van der Waals surface area contributed by atoms with Crippen LogP contribution in [0.1, 0.15) is 38.8 Å². The third-order valence-corrected chi connectivity index (χ3v) is 7.84. The summed E-state index contributed by atoms with van der Waals surface area (Å²) in [5, 5.41) is 0. The molecule has 2 bridgehead atoms. The summed E-state index contributed by atoms with van der Waals surface area (Å²) in [6.07, 6.45) is 0.345. The maximum absolute atomic E-state index is 12.7. The molecule has 2 aliphatic rings. The quantitative estimate of drug-likeness (QED) is 0.168. The zero-order chi connectivity index (χ0) is 29.1. The first-order chi connectivity index (χ1) is 20.4. The maximum atomic E-state index is 12.7. The van der Waals surface area contributed by atoms with Crippen molar-refractivity contribution in [2.45, 2.75) is 51.1 Å². The Morgan fingerprint density at radius 3 is 2.33 bits per heavy atom. The summed E-state index contributed by atoms with van der Waals surface area (Å²) >= 11 is 5.66. The highest BCUT2D eigenvalue weighted by atomic mass is 32.1. The van der Waals surface area contributed by atoms with Gasteiger partial charge in [0.25, 0.3) is 0 Å². The number of nitrogens with zero attached hydrogens (tertiary/aromatic N) is 2. The lowest BCUT2D eigenvalue weighted by Gasteiger charge is -2.32. The van der Waals surface area contributed by atoms with Gasteiger partial charge in [0.05, 0.1) is 32.0 Å². The Balaban J connectivity index is 1.22. The second-order valence-electron chi connectivity index (χ2n) is 10.7. The van der Waals surface area contributed by atoms with Gasteiger partial charge in [0.2, 0.25) is 10.7 Å². The smallest absolute Gasteiger partial charge is 0.344 e. The molecule has 1 unspecified atom stereocenters. The van der Waals surface area contributed by atoms with E-state index in [2.05, 4.69) is 4.98 Å². The Kier molecular flexibility index (Phi) is 8.28. The molecule has 4 aromatic rings. The van der Waals surface area contributed by atoms with Crippen molar-refractivity contribution in [3.8, 4) is 5.88 Å². The van der Waals surface area contributed by atoms with Gasteiger partial charge in [-0.1, -0.05) is 78.4 Å². The van der Waals surface area contributed by atoms with Gasteiger partial charge in [0.15, 0.2) is 6.23 Å². The lowest BCUT2D eigenvalue weighted by Crippen LogP contribution is -2.46. The first-order valence-corrected chi connectivity index (χ1v) is 14.3. The standard InChI is InChI=1S/C33H32N2O6S/c1-22-13-15-26(16-14-22)31(36)40-29-23(2)17-35(32(42)34-29)30-27-28(38-19-25-11-7-4-8-12-25)33(41-30,21-39-27)20-37-18-24-9-5-3-6-10-24/h3-17,27-28,30H,18-21H2,1-2H3/t27-,28?,30+,33-/m0/s1. The van der Waals surface area contributed by atoms with E-state index in [1.165, 1.54) is 0 Å². The zero-order valence-electron chi connectivity index (χ0n) is 23.5. The van der Waals surface area contributed by atoms with Crippen LogP contribution in [-0.2, 0) is 32.2 Å². The first-order valence-electron chi connectivity index (χ1n) is 13.9. The minimum absolute atomic E-state index is 0.156. The molecule has 2 aliphatic heterocycles. The van der Waals surface area contributed by atoms with E-state index >= 15 is 0 Å². The highest BCUT2D eigenvalue weighted by Crippen LogP contribution is 2.47. The van der Waals surface area contributed by atoms with E-state index < -0.39 is 30.0 Å². The van der Waals surface area contributed by atoms with Crippen LogP contribution in [0, 0.1) is 18.6 Å². The molecule has 2 saturated heterocycles. The topological polar surface area (TPSA) is 81.0 Å². The second-order valence-corrected chi connectivity index (χ2v) is 11.1. The van der Waals surface area contributed by atoms with Crippen molar-refractivity contribution in [2.24, 2.45) is 0 Å². The van der Waals surface area contributed by atoms with Crippen molar-refractivity contribution in [3.63, 3.8) is 0 Å². The van der Waals surface area contributed by atoms with Gasteiger partial charge in [0.1, 0.15) is 17.8 Å². The van der Waals surface area contributed by atoms with Crippen LogP contribution in [0.5, 0.6) is 5.88 Å². The second kappa shape index (κ2) is 12.2. The van der Waals surface area contributed by atoms with E-state index in [4.69, 9.17) is 35.9 Å². The van der Waals surface area contributed by atoms with E-state index in [1.807, 2.05) is 86.6 Å². The summed E-state index contributed by atoms with van der Waals surface area (Å²) < 4.78 is 33.1. The van der Waals surface area contributed by atoms with Gasteiger partial charge in [-0.2, -0.15) is 4.98 Å². The summed E-state index contributed by atoms with van der Waals surface area (Å²) in [5.74, 6) is -0.343. The van der Waals surface area contributed by atoms with Crippen LogP contribution in [0.15, 0.2) is 91.1 Å². The number of carbonyl (C=O) groups excluding carboxylic acids is 1. The van der Waals surface area contributed by atoms with Crippen molar-refractivity contribution < 1.29 is 28.5 Å². The highest BCUT2D eigenvalue weighted by Gasteiger charge is 2.63. The van der Waals surface area contributed by atoms with Gasteiger partial charge < -0.3 is 23.7 Å². The van der Waals surface area contributed by atoms with Crippen LogP contribution in [0.4, 0.5) is 0 Å². The number of benzene rings is 3. The van der Waals surface area contributed by atoms with Crippen molar-refractivity contribution in [2.75, 3.05) is 13.2 Å². The number of aromatic nitrogens is 2. The monoisotopic (exact) mass is 584 g/mol. The van der Waals surface area contributed by atoms with Gasteiger partial charge in [-0.15, -0.1) is 0 Å². The Bertz CT molecular complexity index is 1590. The van der Waals surface area contributed by atoms with Crippen molar-refractivity contribution in [3.05, 3.63) is 124 Å². The molecule has 0 aliphatic carbocycles. The van der Waals surface area contributed by atoms with Gasteiger partial charge in [-0.3, -0.25) is 4.57 Å². The lowest BCUT2D eigenvalue weighted by atomic mass is 10.00. The van der Waals surface area contributed by atoms with Crippen molar-refractivity contribution >= 4 is 18.2 Å². The molecule has 0 spiro atoms. The summed E-state index contributed by atoms with van der Waals surface area (Å²) in [5.41, 5.74) is 3.40. The molecule has 0 radical (unpaired) electrons. The van der Waals surface area contributed by atoms with E-state index in [1.54, 1.807) is 22.9 Å². The van der Waals surface area contributed by atoms with Crippen LogP contribution < -0.4 is 4.74 Å². The number of fused-ring (bicyclic) bond motifs is 2. The van der Waals surface area contributed by atoms with E-state index in [0.717, 1.165) is 16.7 Å². The van der Waals surface area contributed by atoms with Crippen LogP contribution in [0.2, 0.25) is 0 Å². The minimum Gasteiger partial charge on any atom is -0.403 e. The normalized spacial score (nSPS) is 22.8. The third-order valence-electron chi connectivity index (χ3n) is 7.54. The first kappa shape index (κ1) is 28.4. The van der Waals surface area contributed by atoms with Gasteiger partial charge in [0, 0.05) is 11.8 Å².